The lowest BCUT2D eigenvalue weighted by Gasteiger charge is -2.31. The summed E-state index contributed by atoms with van der Waals surface area (Å²) in [5.74, 6) is 1.61. The highest BCUT2D eigenvalue weighted by molar-refractivity contribution is 7.89. The number of phenolic OH excluding ortho intramolecular Hbond substituents is 1. The van der Waals surface area contributed by atoms with Crippen molar-refractivity contribution in [3.05, 3.63) is 83.9 Å². The summed E-state index contributed by atoms with van der Waals surface area (Å²) < 4.78 is 40.1. The highest BCUT2D eigenvalue weighted by Crippen LogP contribution is 2.48. The molecule has 1 atom stereocenters. The Hall–Kier alpha value is -3.30. The van der Waals surface area contributed by atoms with Gasteiger partial charge >= 0.3 is 0 Å². The molecule has 0 saturated carbocycles. The number of likely N-dealkylation sites (tertiary alicyclic amines) is 1. The van der Waals surface area contributed by atoms with Crippen molar-refractivity contribution in [2.45, 2.75) is 30.3 Å². The fraction of sp³-hybridized carbons (Fsp3) is 0.290. The first-order chi connectivity index (χ1) is 18.9. The predicted octanol–water partition coefficient (Wildman–Crippen LogP) is 5.89. The van der Waals surface area contributed by atoms with Crippen LogP contribution in [0.25, 0.3) is 21.9 Å². The van der Waals surface area contributed by atoms with Crippen molar-refractivity contribution in [3.63, 3.8) is 0 Å². The van der Waals surface area contributed by atoms with Gasteiger partial charge in [0.25, 0.3) is 0 Å². The van der Waals surface area contributed by atoms with E-state index in [2.05, 4.69) is 9.62 Å². The van der Waals surface area contributed by atoms with E-state index in [0.717, 1.165) is 52.8 Å². The summed E-state index contributed by atoms with van der Waals surface area (Å²) in [5, 5.41) is 11.9. The van der Waals surface area contributed by atoms with Crippen LogP contribution in [-0.4, -0.2) is 51.7 Å². The van der Waals surface area contributed by atoms with Gasteiger partial charge in [-0.1, -0.05) is 36.8 Å². The third-order valence-electron chi connectivity index (χ3n) is 7.68. The number of nitrogens with zero attached hydrogens (tertiary/aromatic N) is 1. The van der Waals surface area contributed by atoms with Crippen molar-refractivity contribution in [3.8, 4) is 28.4 Å². The monoisotopic (exact) mass is 580 g/mol. The number of hydrogen-bond donors (Lipinski definition) is 2. The first-order valence-corrected chi connectivity index (χ1v) is 14.9. The molecular formula is C31H33ClN2O5S. The molecule has 1 fully saturated rings. The highest BCUT2D eigenvalue weighted by Gasteiger charge is 2.30. The lowest BCUT2D eigenvalue weighted by atomic mass is 9.86. The summed E-state index contributed by atoms with van der Waals surface area (Å²) in [7, 11) is -2.22. The number of ether oxygens (including phenoxy) is 2. The summed E-state index contributed by atoms with van der Waals surface area (Å²) in [6, 6.07) is 22.1. The number of nitrogens with one attached hydrogen (secondary N) is 1. The lowest BCUT2D eigenvalue weighted by molar-refractivity contribution is 0.183. The molecule has 210 valence electrons. The van der Waals surface area contributed by atoms with Crippen LogP contribution in [0, 0.1) is 0 Å². The number of hydrogen-bond acceptors (Lipinski definition) is 6. The maximum atomic E-state index is 12.5. The second-order valence-electron chi connectivity index (χ2n) is 10.1. The normalized spacial score (nSPS) is 16.9. The number of rotatable bonds is 7. The van der Waals surface area contributed by atoms with Crippen LogP contribution in [0.1, 0.15) is 36.5 Å². The second kappa shape index (κ2) is 11.7. The minimum absolute atomic E-state index is 0. The molecule has 0 amide bonds. The number of phenols is 1. The topological polar surface area (TPSA) is 88.1 Å². The molecule has 1 unspecified atom stereocenters. The molecule has 0 aromatic heterocycles. The van der Waals surface area contributed by atoms with E-state index < -0.39 is 16.1 Å². The maximum absolute atomic E-state index is 12.5. The molecule has 40 heavy (non-hydrogen) atoms. The van der Waals surface area contributed by atoms with Gasteiger partial charge in [-0.2, -0.15) is 0 Å². The van der Waals surface area contributed by atoms with Gasteiger partial charge in [-0.15, -0.1) is 12.4 Å². The Balaban J connectivity index is 0.00000323. The van der Waals surface area contributed by atoms with E-state index in [9.17, 15) is 13.5 Å². The Kier molecular flexibility index (Phi) is 8.24. The van der Waals surface area contributed by atoms with Gasteiger partial charge in [0.2, 0.25) is 10.0 Å². The summed E-state index contributed by atoms with van der Waals surface area (Å²) >= 11 is 0. The van der Waals surface area contributed by atoms with E-state index >= 15 is 0 Å². The Morgan fingerprint density at radius 3 is 2.48 bits per heavy atom. The van der Waals surface area contributed by atoms with Crippen LogP contribution in [0.2, 0.25) is 0 Å². The zero-order chi connectivity index (χ0) is 27.0. The first kappa shape index (κ1) is 28.2. The van der Waals surface area contributed by atoms with Crippen LogP contribution < -0.4 is 14.2 Å². The molecule has 1 saturated heterocycles. The third kappa shape index (κ3) is 5.49. The molecule has 2 aliphatic heterocycles. The van der Waals surface area contributed by atoms with E-state index in [0.29, 0.717) is 17.9 Å². The molecule has 0 radical (unpaired) electrons. The third-order valence-corrected chi connectivity index (χ3v) is 9.09. The second-order valence-corrected chi connectivity index (χ2v) is 12.0. The average molecular weight is 581 g/mol. The van der Waals surface area contributed by atoms with Gasteiger partial charge in [-0.3, -0.25) is 4.90 Å². The van der Waals surface area contributed by atoms with Gasteiger partial charge in [-0.05, 0) is 97.3 Å². The van der Waals surface area contributed by atoms with Crippen molar-refractivity contribution < 1.29 is 23.0 Å². The summed E-state index contributed by atoms with van der Waals surface area (Å²) in [4.78, 5) is 2.63. The summed E-state index contributed by atoms with van der Waals surface area (Å²) in [5.41, 5.74) is 3.50. The van der Waals surface area contributed by atoms with Crippen LogP contribution in [0.5, 0.6) is 17.2 Å². The summed E-state index contributed by atoms with van der Waals surface area (Å²) in [6.45, 7) is 3.88. The van der Waals surface area contributed by atoms with Gasteiger partial charge in [0, 0.05) is 17.7 Å². The number of halogens is 1. The van der Waals surface area contributed by atoms with E-state index in [4.69, 9.17) is 9.47 Å². The zero-order valence-corrected chi connectivity index (χ0v) is 23.9. The molecular weight excluding hydrogens is 548 g/mol. The van der Waals surface area contributed by atoms with E-state index in [1.807, 2.05) is 42.5 Å². The highest BCUT2D eigenvalue weighted by atomic mass is 35.5. The molecule has 6 rings (SSSR count). The maximum Gasteiger partial charge on any atom is 0.240 e. The first-order valence-electron chi connectivity index (χ1n) is 13.4. The molecule has 4 aromatic carbocycles. The van der Waals surface area contributed by atoms with Gasteiger partial charge in [0.15, 0.2) is 6.10 Å². The molecule has 9 heteroatoms. The quantitative estimate of drug-likeness (QED) is 0.283. The van der Waals surface area contributed by atoms with Crippen LogP contribution in [0.4, 0.5) is 0 Å². The summed E-state index contributed by atoms with van der Waals surface area (Å²) in [6.07, 6.45) is 3.43. The molecule has 4 aromatic rings. The molecule has 2 aliphatic rings. The Labute approximate surface area is 241 Å². The predicted molar refractivity (Wildman–Crippen MR) is 159 cm³/mol. The van der Waals surface area contributed by atoms with Gasteiger partial charge in [-0.25, -0.2) is 13.1 Å². The minimum Gasteiger partial charge on any atom is -0.508 e. The van der Waals surface area contributed by atoms with E-state index in [1.54, 1.807) is 30.3 Å². The van der Waals surface area contributed by atoms with Gasteiger partial charge in [0.05, 0.1) is 4.90 Å². The van der Waals surface area contributed by atoms with Gasteiger partial charge in [0.1, 0.15) is 23.9 Å². The zero-order valence-electron chi connectivity index (χ0n) is 22.3. The molecule has 2 heterocycles. The molecule has 7 nitrogen and oxygen atoms in total. The molecule has 0 aliphatic carbocycles. The van der Waals surface area contributed by atoms with Crippen molar-refractivity contribution in [2.75, 3.05) is 33.3 Å². The van der Waals surface area contributed by atoms with Crippen LogP contribution in [-0.2, 0) is 10.0 Å². The van der Waals surface area contributed by atoms with Crippen LogP contribution in [0.3, 0.4) is 0 Å². The fourth-order valence-corrected chi connectivity index (χ4v) is 6.36. The van der Waals surface area contributed by atoms with Crippen molar-refractivity contribution >= 4 is 33.2 Å². The van der Waals surface area contributed by atoms with Crippen molar-refractivity contribution in [1.82, 2.24) is 9.62 Å². The molecule has 2 N–H and O–H groups in total. The van der Waals surface area contributed by atoms with Crippen molar-refractivity contribution in [2.24, 2.45) is 0 Å². The molecule has 0 bridgehead atoms. The smallest absolute Gasteiger partial charge is 0.240 e. The Morgan fingerprint density at radius 2 is 1.73 bits per heavy atom. The number of piperidine rings is 1. The van der Waals surface area contributed by atoms with Crippen molar-refractivity contribution in [1.29, 1.82) is 0 Å². The van der Waals surface area contributed by atoms with Gasteiger partial charge < -0.3 is 14.6 Å². The number of fused-ring (bicyclic) bond motifs is 5. The lowest BCUT2D eigenvalue weighted by Crippen LogP contribution is -2.33. The van der Waals surface area contributed by atoms with E-state index in [1.165, 1.54) is 26.3 Å². The molecule has 0 spiro atoms. The fourth-order valence-electron chi connectivity index (χ4n) is 5.60. The minimum atomic E-state index is -3.62. The number of aromatic hydroxyl groups is 1. The average Bonchev–Trinajstić information content (AvgIpc) is 2.97. The number of benzene rings is 4. The Bertz CT molecular complexity index is 1620. The Morgan fingerprint density at radius 1 is 0.950 bits per heavy atom. The largest absolute Gasteiger partial charge is 0.508 e. The van der Waals surface area contributed by atoms with E-state index in [-0.39, 0.29) is 23.1 Å². The van der Waals surface area contributed by atoms with Crippen LogP contribution in [0.15, 0.2) is 77.7 Å². The SMILES string of the molecule is CNS(=O)(=O)c1ccc2c(c1)-c1ccc3cc(O)ccc3c1C(c1ccc(OCCN3CCCCC3)cc1)O2.Cl. The van der Waals surface area contributed by atoms with Crippen LogP contribution >= 0.6 is 12.4 Å². The standard InChI is InChI=1S/C31H32N2O5S.ClH/c1-32-39(35,36)25-11-14-29-28(20-25)27-12-7-22-19-23(34)8-13-26(22)30(27)31(38-29)21-5-9-24(10-6-21)37-18-17-33-15-3-2-4-16-33;/h5-14,19-20,31-32,34H,2-4,15-18H2,1H3;1H. The number of sulfonamides is 1.